The van der Waals surface area contributed by atoms with Crippen molar-refractivity contribution in [2.24, 2.45) is 11.7 Å². The standard InChI is InChI=1S/C13H23N3/c1-9(2)12-7-13(10(3)14)16(15-12)8-11-5-4-6-11/h7,9-11H,4-6,8,14H2,1-3H3/t10-/m1/s1. The first-order valence-electron chi connectivity index (χ1n) is 6.41. The Morgan fingerprint density at radius 1 is 1.44 bits per heavy atom. The summed E-state index contributed by atoms with van der Waals surface area (Å²) in [6, 6.07) is 2.26. The van der Waals surface area contributed by atoms with E-state index in [1.807, 2.05) is 6.92 Å². The zero-order valence-corrected chi connectivity index (χ0v) is 10.6. The molecule has 1 fully saturated rings. The van der Waals surface area contributed by atoms with E-state index < -0.39 is 0 Å². The summed E-state index contributed by atoms with van der Waals surface area (Å²) in [5.41, 5.74) is 8.37. The third kappa shape index (κ3) is 2.29. The summed E-state index contributed by atoms with van der Waals surface area (Å²) in [6.07, 6.45) is 4.10. The zero-order chi connectivity index (χ0) is 11.7. The molecule has 1 aromatic heterocycles. The van der Waals surface area contributed by atoms with Crippen molar-refractivity contribution < 1.29 is 0 Å². The van der Waals surface area contributed by atoms with Crippen LogP contribution in [0.25, 0.3) is 0 Å². The predicted octanol–water partition coefficient (Wildman–Crippen LogP) is 2.83. The first kappa shape index (κ1) is 11.6. The minimum atomic E-state index is 0.0834. The van der Waals surface area contributed by atoms with E-state index in [-0.39, 0.29) is 6.04 Å². The second-order valence-corrected chi connectivity index (χ2v) is 5.42. The number of nitrogens with two attached hydrogens (primary N) is 1. The maximum absolute atomic E-state index is 6.00. The van der Waals surface area contributed by atoms with Crippen LogP contribution in [0.4, 0.5) is 0 Å². The van der Waals surface area contributed by atoms with Crippen molar-refractivity contribution in [3.63, 3.8) is 0 Å². The van der Waals surface area contributed by atoms with E-state index in [1.54, 1.807) is 0 Å². The van der Waals surface area contributed by atoms with Crippen LogP contribution in [0.15, 0.2) is 6.07 Å². The van der Waals surface area contributed by atoms with Crippen LogP contribution in [-0.2, 0) is 6.54 Å². The highest BCUT2D eigenvalue weighted by Crippen LogP contribution is 2.29. The summed E-state index contributed by atoms with van der Waals surface area (Å²) in [5.74, 6) is 1.32. The Labute approximate surface area is 98.0 Å². The average molecular weight is 221 g/mol. The molecule has 2 rings (SSSR count). The maximum Gasteiger partial charge on any atom is 0.0653 e. The highest BCUT2D eigenvalue weighted by atomic mass is 15.3. The molecule has 0 amide bonds. The lowest BCUT2D eigenvalue weighted by Crippen LogP contribution is -2.22. The second-order valence-electron chi connectivity index (χ2n) is 5.42. The molecule has 2 N–H and O–H groups in total. The Kier molecular flexibility index (Phi) is 3.33. The normalized spacial score (nSPS) is 18.8. The van der Waals surface area contributed by atoms with E-state index in [2.05, 4.69) is 29.7 Å². The fourth-order valence-corrected chi connectivity index (χ4v) is 2.17. The van der Waals surface area contributed by atoms with E-state index in [4.69, 9.17) is 5.73 Å². The van der Waals surface area contributed by atoms with Crippen molar-refractivity contribution in [3.05, 3.63) is 17.5 Å². The molecule has 3 heteroatoms. The molecule has 0 aromatic carbocycles. The molecule has 0 radical (unpaired) electrons. The lowest BCUT2D eigenvalue weighted by Gasteiger charge is -2.26. The topological polar surface area (TPSA) is 43.8 Å². The number of nitrogens with zero attached hydrogens (tertiary/aromatic N) is 2. The summed E-state index contributed by atoms with van der Waals surface area (Å²) < 4.78 is 2.14. The molecule has 0 aliphatic heterocycles. The van der Waals surface area contributed by atoms with Gasteiger partial charge in [0.1, 0.15) is 0 Å². The van der Waals surface area contributed by atoms with Crippen LogP contribution in [0, 0.1) is 5.92 Å². The van der Waals surface area contributed by atoms with Gasteiger partial charge < -0.3 is 5.73 Å². The highest BCUT2D eigenvalue weighted by Gasteiger charge is 2.21. The van der Waals surface area contributed by atoms with E-state index in [0.29, 0.717) is 5.92 Å². The SMILES string of the molecule is CC(C)c1cc([C@@H](C)N)n(CC2CCC2)n1. The van der Waals surface area contributed by atoms with Crippen LogP contribution in [0.2, 0.25) is 0 Å². The molecule has 1 aromatic rings. The van der Waals surface area contributed by atoms with Crippen LogP contribution >= 0.6 is 0 Å². The number of hydrogen-bond acceptors (Lipinski definition) is 2. The van der Waals surface area contributed by atoms with Gasteiger partial charge in [-0.05, 0) is 37.7 Å². The summed E-state index contributed by atoms with van der Waals surface area (Å²) in [4.78, 5) is 0. The molecular formula is C13H23N3. The summed E-state index contributed by atoms with van der Waals surface area (Å²) in [5, 5.41) is 4.69. The Morgan fingerprint density at radius 2 is 2.12 bits per heavy atom. The molecule has 0 unspecified atom stereocenters. The summed E-state index contributed by atoms with van der Waals surface area (Å²) in [6.45, 7) is 7.46. The molecule has 1 aliphatic rings. The van der Waals surface area contributed by atoms with E-state index >= 15 is 0 Å². The monoisotopic (exact) mass is 221 g/mol. The Balaban J connectivity index is 2.18. The fourth-order valence-electron chi connectivity index (χ4n) is 2.17. The van der Waals surface area contributed by atoms with Crippen LogP contribution in [0.3, 0.4) is 0 Å². The van der Waals surface area contributed by atoms with E-state index in [9.17, 15) is 0 Å². The lowest BCUT2D eigenvalue weighted by molar-refractivity contribution is 0.261. The quantitative estimate of drug-likeness (QED) is 0.849. The Morgan fingerprint density at radius 3 is 2.56 bits per heavy atom. The minimum absolute atomic E-state index is 0.0834. The second kappa shape index (κ2) is 4.58. The van der Waals surface area contributed by atoms with Gasteiger partial charge in [0.15, 0.2) is 0 Å². The maximum atomic E-state index is 6.00. The molecule has 1 heterocycles. The first-order chi connectivity index (χ1) is 7.58. The van der Waals surface area contributed by atoms with Gasteiger partial charge in [0.2, 0.25) is 0 Å². The third-order valence-corrected chi connectivity index (χ3v) is 3.54. The molecule has 0 spiro atoms. The molecule has 90 valence electrons. The van der Waals surface area contributed by atoms with E-state index in [0.717, 1.165) is 12.5 Å². The van der Waals surface area contributed by atoms with Gasteiger partial charge in [-0.15, -0.1) is 0 Å². The van der Waals surface area contributed by atoms with Crippen molar-refractivity contribution in [3.8, 4) is 0 Å². The van der Waals surface area contributed by atoms with Gasteiger partial charge in [0.05, 0.1) is 11.4 Å². The average Bonchev–Trinajstić information content (AvgIpc) is 2.55. The molecule has 1 saturated carbocycles. The Bertz CT molecular complexity index is 348. The number of rotatable bonds is 4. The van der Waals surface area contributed by atoms with Crippen molar-refractivity contribution in [1.29, 1.82) is 0 Å². The third-order valence-electron chi connectivity index (χ3n) is 3.54. The molecular weight excluding hydrogens is 198 g/mol. The van der Waals surface area contributed by atoms with Gasteiger partial charge in [-0.25, -0.2) is 0 Å². The van der Waals surface area contributed by atoms with Gasteiger partial charge in [-0.3, -0.25) is 4.68 Å². The minimum Gasteiger partial charge on any atom is -0.323 e. The van der Waals surface area contributed by atoms with Gasteiger partial charge in [-0.1, -0.05) is 20.3 Å². The molecule has 1 atom stereocenters. The highest BCUT2D eigenvalue weighted by molar-refractivity contribution is 5.16. The zero-order valence-electron chi connectivity index (χ0n) is 10.6. The van der Waals surface area contributed by atoms with Crippen LogP contribution in [0.1, 0.15) is 63.4 Å². The number of aromatic nitrogens is 2. The van der Waals surface area contributed by atoms with Crippen molar-refractivity contribution in [2.45, 2.75) is 58.5 Å². The van der Waals surface area contributed by atoms with Crippen LogP contribution in [0.5, 0.6) is 0 Å². The Hall–Kier alpha value is -0.830. The van der Waals surface area contributed by atoms with E-state index in [1.165, 1.54) is 30.7 Å². The van der Waals surface area contributed by atoms with Crippen molar-refractivity contribution in [2.75, 3.05) is 0 Å². The molecule has 0 bridgehead atoms. The van der Waals surface area contributed by atoms with Crippen molar-refractivity contribution in [1.82, 2.24) is 9.78 Å². The van der Waals surface area contributed by atoms with Gasteiger partial charge in [0.25, 0.3) is 0 Å². The molecule has 16 heavy (non-hydrogen) atoms. The predicted molar refractivity (Wildman–Crippen MR) is 66.3 cm³/mol. The fraction of sp³-hybridized carbons (Fsp3) is 0.769. The van der Waals surface area contributed by atoms with Gasteiger partial charge in [0, 0.05) is 12.6 Å². The van der Waals surface area contributed by atoms with Crippen LogP contribution < -0.4 is 5.73 Å². The van der Waals surface area contributed by atoms with Crippen molar-refractivity contribution >= 4 is 0 Å². The molecule has 3 nitrogen and oxygen atoms in total. The largest absolute Gasteiger partial charge is 0.323 e. The van der Waals surface area contributed by atoms with Gasteiger partial charge in [-0.2, -0.15) is 5.10 Å². The van der Waals surface area contributed by atoms with Gasteiger partial charge >= 0.3 is 0 Å². The summed E-state index contributed by atoms with van der Waals surface area (Å²) in [7, 11) is 0. The lowest BCUT2D eigenvalue weighted by atomic mass is 9.85. The number of hydrogen-bond donors (Lipinski definition) is 1. The first-order valence-corrected chi connectivity index (χ1v) is 6.41. The van der Waals surface area contributed by atoms with Crippen LogP contribution in [-0.4, -0.2) is 9.78 Å². The summed E-state index contributed by atoms with van der Waals surface area (Å²) >= 11 is 0. The molecule has 0 saturated heterocycles. The smallest absolute Gasteiger partial charge is 0.0653 e. The molecule has 1 aliphatic carbocycles.